The van der Waals surface area contributed by atoms with Crippen LogP contribution in [-0.4, -0.2) is 24.3 Å². The van der Waals surface area contributed by atoms with Gasteiger partial charge in [-0.3, -0.25) is 9.59 Å². The molecule has 3 nitrogen and oxygen atoms in total. The van der Waals surface area contributed by atoms with E-state index in [0.29, 0.717) is 36.6 Å². The van der Waals surface area contributed by atoms with E-state index in [2.05, 4.69) is 50.0 Å². The van der Waals surface area contributed by atoms with Crippen LogP contribution >= 0.6 is 0 Å². The van der Waals surface area contributed by atoms with Crippen molar-refractivity contribution in [2.75, 3.05) is 6.61 Å². The quantitative estimate of drug-likeness (QED) is 0.507. The van der Waals surface area contributed by atoms with Crippen molar-refractivity contribution in [1.29, 1.82) is 0 Å². The molecule has 0 radical (unpaired) electrons. The van der Waals surface area contributed by atoms with Crippen molar-refractivity contribution in [1.82, 2.24) is 0 Å². The van der Waals surface area contributed by atoms with Crippen LogP contribution in [0.2, 0.25) is 0 Å². The van der Waals surface area contributed by atoms with Crippen molar-refractivity contribution < 1.29 is 14.3 Å². The molecule has 4 aliphatic rings. The summed E-state index contributed by atoms with van der Waals surface area (Å²) in [6.07, 6.45) is 10.1. The predicted octanol–water partition coefficient (Wildman–Crippen LogP) is 6.06. The molecular weight excluding hydrogens is 432 g/mol. The number of carbonyl (C=O) groups is 2. The van der Waals surface area contributed by atoms with Gasteiger partial charge in [-0.05, 0) is 78.0 Å². The third-order valence-corrected chi connectivity index (χ3v) is 9.63. The minimum Gasteiger partial charge on any atom is -0.361 e. The molecule has 6 atom stereocenters. The fourth-order valence-electron chi connectivity index (χ4n) is 7.76. The lowest BCUT2D eigenvalue weighted by molar-refractivity contribution is -0.133. The molecule has 3 heteroatoms. The van der Waals surface area contributed by atoms with E-state index < -0.39 is 0 Å². The molecule has 0 bridgehead atoms. The molecule has 0 aromatic heterocycles. The minimum atomic E-state index is -0.197. The molecule has 0 saturated heterocycles. The van der Waals surface area contributed by atoms with Gasteiger partial charge in [0.05, 0.1) is 6.10 Å². The summed E-state index contributed by atoms with van der Waals surface area (Å²) >= 11 is 0. The van der Waals surface area contributed by atoms with E-state index in [0.717, 1.165) is 42.2 Å². The van der Waals surface area contributed by atoms with Gasteiger partial charge in [-0.2, -0.15) is 0 Å². The highest BCUT2D eigenvalue weighted by atomic mass is 16.5. The number of rotatable bonds is 2. The molecule has 0 aliphatic heterocycles. The van der Waals surface area contributed by atoms with E-state index in [1.54, 1.807) is 6.08 Å². The number of carbonyl (C=O) groups excluding carboxylic acids is 2. The Morgan fingerprint density at radius 3 is 2.74 bits per heavy atom. The normalized spacial score (nSPS) is 35.5. The summed E-state index contributed by atoms with van der Waals surface area (Å²) in [6.45, 7) is 4.79. The Bertz CT molecular complexity index is 1330. The molecule has 0 heterocycles. The van der Waals surface area contributed by atoms with Gasteiger partial charge in [-0.1, -0.05) is 68.2 Å². The average Bonchev–Trinajstić information content (AvgIpc) is 3.17. The molecule has 0 amide bonds. The summed E-state index contributed by atoms with van der Waals surface area (Å²) in [7, 11) is 0. The Hall–Kier alpha value is -2.96. The van der Waals surface area contributed by atoms with Crippen molar-refractivity contribution in [3.05, 3.63) is 71.8 Å². The SMILES string of the molecule is C[C@]12C=CC(=O)C=C1[C@H](OCC#Cc1cccc3ccccc13)C[C@@H]1[C@@H]2CC[C@]2(C)C(=O)CC[C@@H]12. The number of allylic oxidation sites excluding steroid dienone is 3. The number of ether oxygens (including phenoxy) is 1. The van der Waals surface area contributed by atoms with Crippen LogP contribution in [0, 0.1) is 40.4 Å². The van der Waals surface area contributed by atoms with Gasteiger partial charge in [0.25, 0.3) is 0 Å². The fraction of sp³-hybridized carbons (Fsp3) is 0.438. The molecule has 4 aliphatic carbocycles. The Morgan fingerprint density at radius 2 is 1.86 bits per heavy atom. The van der Waals surface area contributed by atoms with Gasteiger partial charge in [-0.15, -0.1) is 0 Å². The largest absolute Gasteiger partial charge is 0.361 e. The van der Waals surface area contributed by atoms with Gasteiger partial charge in [0.1, 0.15) is 12.4 Å². The molecule has 2 aromatic rings. The second-order valence-electron chi connectivity index (χ2n) is 11.3. The second-order valence-corrected chi connectivity index (χ2v) is 11.3. The van der Waals surface area contributed by atoms with Gasteiger partial charge in [0, 0.05) is 22.8 Å². The molecule has 0 unspecified atom stereocenters. The van der Waals surface area contributed by atoms with Crippen LogP contribution < -0.4 is 0 Å². The molecule has 0 spiro atoms. The lowest BCUT2D eigenvalue weighted by Gasteiger charge is -2.57. The smallest absolute Gasteiger partial charge is 0.178 e. The van der Waals surface area contributed by atoms with Gasteiger partial charge >= 0.3 is 0 Å². The van der Waals surface area contributed by atoms with Gasteiger partial charge < -0.3 is 4.74 Å². The third kappa shape index (κ3) is 3.54. The summed E-state index contributed by atoms with van der Waals surface area (Å²) in [6, 6.07) is 14.5. The monoisotopic (exact) mass is 464 g/mol. The van der Waals surface area contributed by atoms with Crippen LogP contribution in [0.1, 0.15) is 51.5 Å². The number of ketones is 2. The molecule has 6 rings (SSSR count). The first-order chi connectivity index (χ1) is 16.9. The van der Waals surface area contributed by atoms with E-state index in [1.165, 1.54) is 5.39 Å². The highest BCUT2D eigenvalue weighted by Gasteiger charge is 2.60. The lowest BCUT2D eigenvalue weighted by Crippen LogP contribution is -2.53. The summed E-state index contributed by atoms with van der Waals surface area (Å²) < 4.78 is 6.44. The number of benzene rings is 2. The Morgan fingerprint density at radius 1 is 1.03 bits per heavy atom. The summed E-state index contributed by atoms with van der Waals surface area (Å²) in [5.74, 6) is 8.31. The summed E-state index contributed by atoms with van der Waals surface area (Å²) in [5.41, 5.74) is 1.72. The maximum absolute atomic E-state index is 12.8. The first-order valence-corrected chi connectivity index (χ1v) is 13.0. The average molecular weight is 465 g/mol. The topological polar surface area (TPSA) is 43.4 Å². The summed E-state index contributed by atoms with van der Waals surface area (Å²) in [5, 5.41) is 2.33. The van der Waals surface area contributed by atoms with Gasteiger partial charge in [-0.25, -0.2) is 0 Å². The maximum atomic E-state index is 12.8. The van der Waals surface area contributed by atoms with Crippen molar-refractivity contribution in [3.8, 4) is 11.8 Å². The highest BCUT2D eigenvalue weighted by Crippen LogP contribution is 2.63. The highest BCUT2D eigenvalue weighted by molar-refractivity contribution is 6.01. The zero-order chi connectivity index (χ0) is 24.2. The Kier molecular flexibility index (Phi) is 5.35. The van der Waals surface area contributed by atoms with Gasteiger partial charge in [0.15, 0.2) is 5.78 Å². The van der Waals surface area contributed by atoms with E-state index in [1.807, 2.05) is 30.3 Å². The first kappa shape index (κ1) is 22.5. The molecule has 3 saturated carbocycles. The van der Waals surface area contributed by atoms with Crippen molar-refractivity contribution in [2.45, 2.75) is 52.1 Å². The van der Waals surface area contributed by atoms with Crippen LogP contribution in [0.15, 0.2) is 66.3 Å². The zero-order valence-electron chi connectivity index (χ0n) is 20.6. The predicted molar refractivity (Wildman–Crippen MR) is 138 cm³/mol. The molecular formula is C32H32O3. The van der Waals surface area contributed by atoms with E-state index in [-0.39, 0.29) is 22.7 Å². The van der Waals surface area contributed by atoms with Crippen LogP contribution in [0.5, 0.6) is 0 Å². The molecule has 0 N–H and O–H groups in total. The Labute approximate surface area is 207 Å². The van der Waals surface area contributed by atoms with Crippen LogP contribution in [0.4, 0.5) is 0 Å². The number of hydrogen-bond donors (Lipinski definition) is 0. The van der Waals surface area contributed by atoms with Crippen molar-refractivity contribution in [3.63, 3.8) is 0 Å². The summed E-state index contributed by atoms with van der Waals surface area (Å²) in [4.78, 5) is 25.2. The zero-order valence-corrected chi connectivity index (χ0v) is 20.6. The second kappa shape index (κ2) is 8.32. The van der Waals surface area contributed by atoms with E-state index in [4.69, 9.17) is 4.74 Å². The van der Waals surface area contributed by atoms with E-state index >= 15 is 0 Å². The van der Waals surface area contributed by atoms with E-state index in [9.17, 15) is 9.59 Å². The first-order valence-electron chi connectivity index (χ1n) is 13.0. The fourth-order valence-corrected chi connectivity index (χ4v) is 7.76. The van der Waals surface area contributed by atoms with Crippen molar-refractivity contribution in [2.24, 2.45) is 28.6 Å². The third-order valence-electron chi connectivity index (χ3n) is 9.63. The standard InChI is InChI=1S/C32H32O3/c1-31-16-14-23(33)19-28(31)29(20-25-26-12-13-30(34)32(26,2)17-15-27(25)31)35-18-6-10-22-9-5-8-21-7-3-4-11-24(21)22/h3-5,7-9,11,14,16,19,25-27,29H,12-13,15,17-18,20H2,1-2H3/t25-,26-,27-,29+,31+,32-/m0/s1. The van der Waals surface area contributed by atoms with Crippen LogP contribution in [-0.2, 0) is 14.3 Å². The van der Waals surface area contributed by atoms with Gasteiger partial charge in [0.2, 0.25) is 0 Å². The molecule has 35 heavy (non-hydrogen) atoms. The molecule has 178 valence electrons. The number of Topliss-reactive ketones (excluding diaryl/α,β-unsaturated/α-hetero) is 1. The number of hydrogen-bond acceptors (Lipinski definition) is 3. The lowest BCUT2D eigenvalue weighted by atomic mass is 9.48. The van der Waals surface area contributed by atoms with Crippen LogP contribution in [0.3, 0.4) is 0 Å². The van der Waals surface area contributed by atoms with Crippen molar-refractivity contribution >= 4 is 22.3 Å². The van der Waals surface area contributed by atoms with Crippen LogP contribution in [0.25, 0.3) is 10.8 Å². The minimum absolute atomic E-state index is 0.0445. The number of fused-ring (bicyclic) bond motifs is 6. The maximum Gasteiger partial charge on any atom is 0.178 e. The Balaban J connectivity index is 1.27. The molecule has 3 fully saturated rings. The molecule has 2 aromatic carbocycles.